The van der Waals surface area contributed by atoms with Crippen molar-refractivity contribution in [2.45, 2.75) is 32.7 Å². The molecule has 1 unspecified atom stereocenters. The van der Waals surface area contributed by atoms with Crippen molar-refractivity contribution in [2.75, 3.05) is 13.2 Å². The minimum absolute atomic E-state index is 0.261. The molecule has 0 bridgehead atoms. The van der Waals surface area contributed by atoms with Gasteiger partial charge in [-0.2, -0.15) is 0 Å². The summed E-state index contributed by atoms with van der Waals surface area (Å²) in [6.07, 6.45) is 3.16. The van der Waals surface area contributed by atoms with E-state index in [2.05, 4.69) is 28.2 Å². The summed E-state index contributed by atoms with van der Waals surface area (Å²) in [4.78, 5) is 0. The van der Waals surface area contributed by atoms with Gasteiger partial charge in [0.05, 0.1) is 4.47 Å². The quantitative estimate of drug-likeness (QED) is 0.691. The first kappa shape index (κ1) is 15.5. The van der Waals surface area contributed by atoms with Crippen LogP contribution in [0.5, 0.6) is 5.75 Å². The minimum atomic E-state index is 0.261. The van der Waals surface area contributed by atoms with Crippen molar-refractivity contribution in [3.05, 3.63) is 28.2 Å². The zero-order chi connectivity index (χ0) is 13.4. The third kappa shape index (κ3) is 5.38. The molecule has 4 heteroatoms. The number of aliphatic hydroxyl groups is 1. The van der Waals surface area contributed by atoms with E-state index in [0.29, 0.717) is 5.92 Å². The highest BCUT2D eigenvalue weighted by atomic mass is 79.9. The fourth-order valence-corrected chi connectivity index (χ4v) is 2.45. The van der Waals surface area contributed by atoms with E-state index < -0.39 is 0 Å². The second kappa shape index (κ2) is 8.51. The lowest BCUT2D eigenvalue weighted by molar-refractivity contribution is 0.248. The molecule has 0 fully saturated rings. The molecular formula is C14H22BrNO2. The van der Waals surface area contributed by atoms with Gasteiger partial charge >= 0.3 is 0 Å². The predicted octanol–water partition coefficient (Wildman–Crippen LogP) is 3.04. The third-order valence-electron chi connectivity index (χ3n) is 3.01. The number of halogens is 1. The highest BCUT2D eigenvalue weighted by Crippen LogP contribution is 2.24. The van der Waals surface area contributed by atoms with E-state index in [1.54, 1.807) is 6.07 Å². The minimum Gasteiger partial charge on any atom is -0.507 e. The molecule has 18 heavy (non-hydrogen) atoms. The normalized spacial score (nSPS) is 12.6. The SMILES string of the molecule is CCCC(CCO)CNCc1ccc(O)c(Br)c1. The standard InChI is InChI=1S/C14H22BrNO2/c1-2-3-11(6-7-17)9-16-10-12-4-5-14(18)13(15)8-12/h4-5,8,11,16-18H,2-3,6-7,9-10H2,1H3. The van der Waals surface area contributed by atoms with Crippen LogP contribution in [-0.2, 0) is 6.54 Å². The van der Waals surface area contributed by atoms with Crippen molar-refractivity contribution < 1.29 is 10.2 Å². The summed E-state index contributed by atoms with van der Waals surface area (Å²) < 4.78 is 0.724. The molecule has 0 amide bonds. The monoisotopic (exact) mass is 315 g/mol. The molecule has 0 radical (unpaired) electrons. The van der Waals surface area contributed by atoms with E-state index >= 15 is 0 Å². The Bertz CT molecular complexity index is 352. The maximum atomic E-state index is 9.40. The van der Waals surface area contributed by atoms with Crippen LogP contribution in [0.4, 0.5) is 0 Å². The number of rotatable bonds is 8. The molecule has 0 aliphatic carbocycles. The number of aliphatic hydroxyl groups excluding tert-OH is 1. The molecule has 3 nitrogen and oxygen atoms in total. The van der Waals surface area contributed by atoms with Gasteiger partial charge in [-0.15, -0.1) is 0 Å². The summed E-state index contributed by atoms with van der Waals surface area (Å²) in [6.45, 7) is 4.13. The van der Waals surface area contributed by atoms with Crippen molar-refractivity contribution >= 4 is 15.9 Å². The Balaban J connectivity index is 2.37. The summed E-state index contributed by atoms with van der Waals surface area (Å²) in [6, 6.07) is 5.52. The molecule has 102 valence electrons. The zero-order valence-corrected chi connectivity index (χ0v) is 12.4. The van der Waals surface area contributed by atoms with Gasteiger partial charge in [-0.1, -0.05) is 19.4 Å². The molecule has 1 aromatic carbocycles. The number of hydrogen-bond acceptors (Lipinski definition) is 3. The third-order valence-corrected chi connectivity index (χ3v) is 3.64. The first-order valence-electron chi connectivity index (χ1n) is 6.46. The molecule has 3 N–H and O–H groups in total. The van der Waals surface area contributed by atoms with Crippen LogP contribution >= 0.6 is 15.9 Å². The van der Waals surface area contributed by atoms with Crippen LogP contribution in [0.3, 0.4) is 0 Å². The molecule has 0 aromatic heterocycles. The van der Waals surface area contributed by atoms with Crippen molar-refractivity contribution in [3.8, 4) is 5.75 Å². The molecule has 0 aliphatic rings. The second-order valence-corrected chi connectivity index (χ2v) is 5.44. The van der Waals surface area contributed by atoms with E-state index in [0.717, 1.165) is 42.4 Å². The van der Waals surface area contributed by atoms with E-state index in [1.807, 2.05) is 12.1 Å². The number of hydrogen-bond donors (Lipinski definition) is 3. The lowest BCUT2D eigenvalue weighted by atomic mass is 10.0. The zero-order valence-electron chi connectivity index (χ0n) is 10.8. The maximum absolute atomic E-state index is 9.40. The van der Waals surface area contributed by atoms with Crippen LogP contribution in [0.2, 0.25) is 0 Å². The molecule has 0 aliphatic heterocycles. The molecule has 1 atom stereocenters. The largest absolute Gasteiger partial charge is 0.507 e. The number of aromatic hydroxyl groups is 1. The Kier molecular flexibility index (Phi) is 7.32. The summed E-state index contributed by atoms with van der Waals surface area (Å²) >= 11 is 3.31. The summed E-state index contributed by atoms with van der Waals surface area (Å²) in [7, 11) is 0. The average molecular weight is 316 g/mol. The molecule has 1 rings (SSSR count). The molecule has 0 heterocycles. The van der Waals surface area contributed by atoms with Gasteiger partial charge in [-0.25, -0.2) is 0 Å². The molecule has 0 saturated carbocycles. The summed E-state index contributed by atoms with van der Waals surface area (Å²) in [5.74, 6) is 0.809. The van der Waals surface area contributed by atoms with Crippen LogP contribution in [-0.4, -0.2) is 23.4 Å². The lowest BCUT2D eigenvalue weighted by Gasteiger charge is -2.15. The number of phenolic OH excluding ortho intramolecular Hbond substituents is 1. The van der Waals surface area contributed by atoms with Crippen molar-refractivity contribution in [2.24, 2.45) is 5.92 Å². The van der Waals surface area contributed by atoms with Gasteiger partial charge in [0.15, 0.2) is 0 Å². The number of phenols is 1. The first-order valence-corrected chi connectivity index (χ1v) is 7.25. The summed E-state index contributed by atoms with van der Waals surface area (Å²) in [5, 5.41) is 21.8. The van der Waals surface area contributed by atoms with E-state index in [1.165, 1.54) is 0 Å². The van der Waals surface area contributed by atoms with E-state index in [4.69, 9.17) is 5.11 Å². The van der Waals surface area contributed by atoms with Gasteiger partial charge in [0, 0.05) is 13.2 Å². The van der Waals surface area contributed by atoms with Crippen LogP contribution in [0.1, 0.15) is 31.7 Å². The fourth-order valence-electron chi connectivity index (χ4n) is 2.02. The van der Waals surface area contributed by atoms with Crippen molar-refractivity contribution in [1.82, 2.24) is 5.32 Å². The topological polar surface area (TPSA) is 52.5 Å². The second-order valence-electron chi connectivity index (χ2n) is 4.58. The van der Waals surface area contributed by atoms with E-state index in [9.17, 15) is 5.11 Å². The maximum Gasteiger partial charge on any atom is 0.129 e. The Morgan fingerprint density at radius 3 is 2.72 bits per heavy atom. The average Bonchev–Trinajstić information content (AvgIpc) is 2.34. The van der Waals surface area contributed by atoms with E-state index in [-0.39, 0.29) is 12.4 Å². The van der Waals surface area contributed by atoms with Gasteiger partial charge in [0.2, 0.25) is 0 Å². The highest BCUT2D eigenvalue weighted by molar-refractivity contribution is 9.10. The van der Waals surface area contributed by atoms with Crippen LogP contribution < -0.4 is 5.32 Å². The highest BCUT2D eigenvalue weighted by Gasteiger charge is 2.07. The predicted molar refractivity (Wildman–Crippen MR) is 77.6 cm³/mol. The first-order chi connectivity index (χ1) is 8.67. The Morgan fingerprint density at radius 1 is 1.33 bits per heavy atom. The van der Waals surface area contributed by atoms with Gasteiger partial charge < -0.3 is 15.5 Å². The van der Waals surface area contributed by atoms with Gasteiger partial charge in [-0.3, -0.25) is 0 Å². The van der Waals surface area contributed by atoms with Gasteiger partial charge in [-0.05, 0) is 58.9 Å². The van der Waals surface area contributed by atoms with Crippen molar-refractivity contribution in [1.29, 1.82) is 0 Å². The molecule has 1 aromatic rings. The molecule has 0 saturated heterocycles. The molecule has 0 spiro atoms. The van der Waals surface area contributed by atoms with Crippen LogP contribution in [0, 0.1) is 5.92 Å². The Morgan fingerprint density at radius 2 is 2.11 bits per heavy atom. The number of nitrogens with one attached hydrogen (secondary N) is 1. The lowest BCUT2D eigenvalue weighted by Crippen LogP contribution is -2.23. The Labute approximate surface area is 117 Å². The summed E-state index contributed by atoms with van der Waals surface area (Å²) in [5.41, 5.74) is 1.14. The van der Waals surface area contributed by atoms with Gasteiger partial charge in [0.1, 0.15) is 5.75 Å². The van der Waals surface area contributed by atoms with Crippen LogP contribution in [0.15, 0.2) is 22.7 Å². The number of benzene rings is 1. The fraction of sp³-hybridized carbons (Fsp3) is 0.571. The van der Waals surface area contributed by atoms with Crippen molar-refractivity contribution in [3.63, 3.8) is 0 Å². The molecular weight excluding hydrogens is 294 g/mol. The Hall–Kier alpha value is -0.580. The van der Waals surface area contributed by atoms with Gasteiger partial charge in [0.25, 0.3) is 0 Å². The van der Waals surface area contributed by atoms with Crippen LogP contribution in [0.25, 0.3) is 0 Å². The smallest absolute Gasteiger partial charge is 0.129 e.